The van der Waals surface area contributed by atoms with Gasteiger partial charge in [-0.25, -0.2) is 9.59 Å². The Morgan fingerprint density at radius 1 is 1.19 bits per heavy atom. The van der Waals surface area contributed by atoms with Gasteiger partial charge >= 0.3 is 17.8 Å². The van der Waals surface area contributed by atoms with Gasteiger partial charge in [0.05, 0.1) is 11.3 Å². The summed E-state index contributed by atoms with van der Waals surface area (Å²) in [5.74, 6) is -1.66. The number of nitrogens with one attached hydrogen (secondary N) is 1. The zero-order valence-electron chi connectivity index (χ0n) is 10.1. The quantitative estimate of drug-likeness (QED) is 0.873. The topological polar surface area (TPSA) is 92.2 Å². The molecule has 1 aromatic carbocycles. The van der Waals surface area contributed by atoms with Crippen molar-refractivity contribution in [3.8, 4) is 5.69 Å². The van der Waals surface area contributed by atoms with Crippen molar-refractivity contribution >= 4 is 5.97 Å². The van der Waals surface area contributed by atoms with Crippen LogP contribution in [0, 0.1) is 0 Å². The van der Waals surface area contributed by atoms with Crippen LogP contribution in [0.5, 0.6) is 0 Å². The minimum atomic E-state index is -4.74. The van der Waals surface area contributed by atoms with Crippen molar-refractivity contribution in [1.29, 1.82) is 0 Å². The van der Waals surface area contributed by atoms with Crippen molar-refractivity contribution in [2.24, 2.45) is 0 Å². The number of H-pyrrole nitrogens is 1. The lowest BCUT2D eigenvalue weighted by molar-refractivity contribution is -0.137. The van der Waals surface area contributed by atoms with E-state index in [0.29, 0.717) is 10.8 Å². The van der Waals surface area contributed by atoms with Crippen molar-refractivity contribution in [1.82, 2.24) is 9.55 Å². The first-order valence-electron chi connectivity index (χ1n) is 5.47. The van der Waals surface area contributed by atoms with Gasteiger partial charge in [-0.3, -0.25) is 14.3 Å². The van der Waals surface area contributed by atoms with E-state index in [9.17, 15) is 27.6 Å². The van der Waals surface area contributed by atoms with E-state index in [0.717, 1.165) is 18.2 Å². The van der Waals surface area contributed by atoms with Crippen LogP contribution in [-0.4, -0.2) is 20.6 Å². The number of carboxylic acid groups (broad SMARTS) is 1. The molecule has 0 amide bonds. The second-order valence-corrected chi connectivity index (χ2v) is 3.99. The van der Waals surface area contributed by atoms with Gasteiger partial charge in [0.1, 0.15) is 5.56 Å². The number of benzene rings is 1. The zero-order valence-corrected chi connectivity index (χ0v) is 10.1. The third kappa shape index (κ3) is 2.71. The maximum absolute atomic E-state index is 12.9. The van der Waals surface area contributed by atoms with Crippen molar-refractivity contribution in [2.75, 3.05) is 0 Å². The van der Waals surface area contributed by atoms with Crippen LogP contribution in [0.4, 0.5) is 13.2 Å². The SMILES string of the molecule is O=C(O)c1cn(-c2ccccc2C(F)(F)F)c(=O)[nH]c1=O. The molecule has 9 heteroatoms. The lowest BCUT2D eigenvalue weighted by Gasteiger charge is -2.14. The van der Waals surface area contributed by atoms with E-state index in [2.05, 4.69) is 0 Å². The Morgan fingerprint density at radius 3 is 2.38 bits per heavy atom. The molecule has 0 saturated carbocycles. The van der Waals surface area contributed by atoms with Gasteiger partial charge in [0.25, 0.3) is 5.56 Å². The summed E-state index contributed by atoms with van der Waals surface area (Å²) in [5, 5.41) is 8.80. The van der Waals surface area contributed by atoms with Crippen LogP contribution in [0.2, 0.25) is 0 Å². The van der Waals surface area contributed by atoms with Crippen LogP contribution in [0.1, 0.15) is 15.9 Å². The highest BCUT2D eigenvalue weighted by atomic mass is 19.4. The van der Waals surface area contributed by atoms with Gasteiger partial charge in [0.2, 0.25) is 0 Å². The van der Waals surface area contributed by atoms with Crippen molar-refractivity contribution in [3.05, 3.63) is 62.4 Å². The number of carboxylic acids is 1. The van der Waals surface area contributed by atoms with Crippen LogP contribution in [0.15, 0.2) is 40.1 Å². The van der Waals surface area contributed by atoms with Gasteiger partial charge in [-0.05, 0) is 12.1 Å². The minimum absolute atomic E-state index is 0.438. The highest BCUT2D eigenvalue weighted by Gasteiger charge is 2.34. The Morgan fingerprint density at radius 2 is 1.81 bits per heavy atom. The summed E-state index contributed by atoms with van der Waals surface area (Å²) in [4.78, 5) is 35.4. The molecule has 1 heterocycles. The normalized spacial score (nSPS) is 11.4. The molecule has 21 heavy (non-hydrogen) atoms. The first kappa shape index (κ1) is 14.6. The fourth-order valence-corrected chi connectivity index (χ4v) is 1.73. The first-order chi connectivity index (χ1) is 9.71. The average Bonchev–Trinajstić information content (AvgIpc) is 2.37. The standard InChI is InChI=1S/C12H7F3N2O4/c13-12(14,15)7-3-1-2-4-8(7)17-5-6(10(19)20)9(18)16-11(17)21/h1-5H,(H,19,20)(H,16,18,21). The summed E-state index contributed by atoms with van der Waals surface area (Å²) in [6.07, 6.45) is -4.18. The maximum atomic E-state index is 12.9. The fourth-order valence-electron chi connectivity index (χ4n) is 1.73. The Labute approximate surface area is 114 Å². The molecule has 0 aliphatic heterocycles. The Kier molecular flexibility index (Phi) is 3.42. The molecule has 0 bridgehead atoms. The molecule has 0 radical (unpaired) electrons. The van der Waals surface area contributed by atoms with E-state index in [1.807, 2.05) is 0 Å². The highest BCUT2D eigenvalue weighted by Crippen LogP contribution is 2.33. The number of carbonyl (C=O) groups is 1. The van der Waals surface area contributed by atoms with Crippen LogP contribution in [0.25, 0.3) is 5.69 Å². The van der Waals surface area contributed by atoms with Gasteiger partial charge in [-0.2, -0.15) is 13.2 Å². The second kappa shape index (κ2) is 4.93. The molecule has 2 N–H and O–H groups in total. The third-order valence-electron chi connectivity index (χ3n) is 2.64. The average molecular weight is 300 g/mol. The molecule has 0 aliphatic carbocycles. The molecule has 0 saturated heterocycles. The summed E-state index contributed by atoms with van der Waals surface area (Å²) < 4.78 is 39.1. The van der Waals surface area contributed by atoms with Gasteiger partial charge in [-0.1, -0.05) is 12.1 Å². The molecule has 6 nitrogen and oxygen atoms in total. The molecule has 2 aromatic rings. The molecule has 110 valence electrons. The van der Waals surface area contributed by atoms with E-state index in [-0.39, 0.29) is 0 Å². The predicted octanol–water partition coefficient (Wildman–Crippen LogP) is 1.24. The number of nitrogens with zero attached hydrogens (tertiary/aromatic N) is 1. The largest absolute Gasteiger partial charge is 0.477 e. The molecule has 0 spiro atoms. The predicted molar refractivity (Wildman–Crippen MR) is 64.6 cm³/mol. The Bertz CT molecular complexity index is 820. The number of para-hydroxylation sites is 1. The second-order valence-electron chi connectivity index (χ2n) is 3.99. The molecule has 0 aliphatic rings. The lowest BCUT2D eigenvalue weighted by Crippen LogP contribution is -2.33. The van der Waals surface area contributed by atoms with Crippen LogP contribution in [-0.2, 0) is 6.18 Å². The third-order valence-corrected chi connectivity index (χ3v) is 2.64. The van der Waals surface area contributed by atoms with Gasteiger partial charge in [-0.15, -0.1) is 0 Å². The van der Waals surface area contributed by atoms with E-state index in [1.165, 1.54) is 6.07 Å². The molecule has 2 rings (SSSR count). The lowest BCUT2D eigenvalue weighted by atomic mass is 10.1. The summed E-state index contributed by atoms with van der Waals surface area (Å²) in [6, 6.07) is 4.12. The number of hydrogen-bond acceptors (Lipinski definition) is 3. The summed E-state index contributed by atoms with van der Waals surface area (Å²) in [6.45, 7) is 0. The fraction of sp³-hybridized carbons (Fsp3) is 0.0833. The minimum Gasteiger partial charge on any atom is -0.477 e. The molecular weight excluding hydrogens is 293 g/mol. The van der Waals surface area contributed by atoms with Crippen molar-refractivity contribution in [2.45, 2.75) is 6.18 Å². The molecule has 1 aromatic heterocycles. The number of aromatic carboxylic acids is 1. The van der Waals surface area contributed by atoms with Crippen LogP contribution in [0.3, 0.4) is 0 Å². The van der Waals surface area contributed by atoms with Crippen molar-refractivity contribution < 1.29 is 23.1 Å². The van der Waals surface area contributed by atoms with Gasteiger partial charge < -0.3 is 5.11 Å². The van der Waals surface area contributed by atoms with Crippen LogP contribution >= 0.6 is 0 Å². The molecule has 0 atom stereocenters. The molecule has 0 fully saturated rings. The summed E-state index contributed by atoms with van der Waals surface area (Å²) in [7, 11) is 0. The monoisotopic (exact) mass is 300 g/mol. The van der Waals surface area contributed by atoms with Gasteiger partial charge in [0, 0.05) is 6.20 Å². The van der Waals surface area contributed by atoms with E-state index >= 15 is 0 Å². The number of alkyl halides is 3. The van der Waals surface area contributed by atoms with E-state index in [1.54, 1.807) is 4.98 Å². The Hall–Kier alpha value is -2.84. The van der Waals surface area contributed by atoms with E-state index < -0.39 is 40.2 Å². The van der Waals surface area contributed by atoms with Crippen LogP contribution < -0.4 is 11.2 Å². The van der Waals surface area contributed by atoms with E-state index in [4.69, 9.17) is 5.11 Å². The number of halogens is 3. The Balaban J connectivity index is 2.80. The molecular formula is C12H7F3N2O4. The highest BCUT2D eigenvalue weighted by molar-refractivity contribution is 5.86. The number of aromatic nitrogens is 2. The summed E-state index contributed by atoms with van der Waals surface area (Å²) in [5.41, 5.74) is -4.90. The first-order valence-corrected chi connectivity index (χ1v) is 5.47. The van der Waals surface area contributed by atoms with Crippen molar-refractivity contribution in [3.63, 3.8) is 0 Å². The number of aromatic amines is 1. The van der Waals surface area contributed by atoms with Gasteiger partial charge in [0.15, 0.2) is 0 Å². The maximum Gasteiger partial charge on any atom is 0.418 e. The number of hydrogen-bond donors (Lipinski definition) is 2. The zero-order chi connectivity index (χ0) is 15.8. The smallest absolute Gasteiger partial charge is 0.418 e. The summed E-state index contributed by atoms with van der Waals surface area (Å²) >= 11 is 0. The molecule has 0 unspecified atom stereocenters. The number of rotatable bonds is 2.